The van der Waals surface area contributed by atoms with Crippen LogP contribution in [0, 0.1) is 0 Å². The largest absolute Gasteiger partial charge is 0.394 e. The van der Waals surface area contributed by atoms with Crippen molar-refractivity contribution in [2.45, 2.75) is 18.1 Å². The fourth-order valence-corrected chi connectivity index (χ4v) is 0.439. The third-order valence-electron chi connectivity index (χ3n) is 1.13. The lowest BCUT2D eigenvalue weighted by molar-refractivity contribution is -0.195. The lowest BCUT2D eigenvalue weighted by atomic mass is 10.1. The van der Waals surface area contributed by atoms with Crippen molar-refractivity contribution in [1.82, 2.24) is 0 Å². The van der Waals surface area contributed by atoms with Crippen molar-refractivity contribution in [3.8, 4) is 0 Å². The maximum Gasteiger partial charge on any atom is 0.291 e. The summed E-state index contributed by atoms with van der Waals surface area (Å²) in [5.41, 5.74) is 0. The molecule has 0 aromatic carbocycles. The van der Waals surface area contributed by atoms with Gasteiger partial charge in [0, 0.05) is 0 Å². The molecule has 0 radical (unpaired) electrons. The van der Waals surface area contributed by atoms with Gasteiger partial charge in [0.1, 0.15) is 12.2 Å². The normalized spacial score (nSPS) is 21.9. The third-order valence-corrected chi connectivity index (χ3v) is 1.13. The first kappa shape index (κ1) is 10.4. The highest BCUT2D eigenvalue weighted by Crippen LogP contribution is 2.12. The Hall–Kier alpha value is -0.560. The van der Waals surface area contributed by atoms with Crippen LogP contribution in [0.5, 0.6) is 0 Å². The van der Waals surface area contributed by atoms with Gasteiger partial charge in [-0.05, 0) is 0 Å². The Morgan fingerprint density at radius 1 is 1.55 bits per heavy atom. The highest BCUT2D eigenvalue weighted by Gasteiger charge is 2.39. The smallest absolute Gasteiger partial charge is 0.291 e. The molecule has 0 aromatic rings. The van der Waals surface area contributed by atoms with E-state index >= 15 is 0 Å². The Balaban J connectivity index is 4.21. The minimum absolute atomic E-state index is 0.559. The number of carbonyl (C=O) groups excluding carboxylic acids is 1. The molecule has 6 heteroatoms. The molecule has 0 spiro atoms. The van der Waals surface area contributed by atoms with Crippen molar-refractivity contribution < 1.29 is 29.6 Å². The molecule has 0 amide bonds. The summed E-state index contributed by atoms with van der Waals surface area (Å²) in [4.78, 5) is 9.71. The lowest BCUT2D eigenvalue weighted by Crippen LogP contribution is -2.48. The summed E-state index contributed by atoms with van der Waals surface area (Å²) >= 11 is 0. The molecule has 66 valence electrons. The van der Waals surface area contributed by atoms with Gasteiger partial charge in [0.2, 0.25) is 0 Å². The standard InChI is InChI=1S/C5H9FO5/c6-5(11,2-8)4(10)3(9)1-7/h2-4,7,9-11H,1H2/t3-,4+,5+/m1/s1. The summed E-state index contributed by atoms with van der Waals surface area (Å²) < 4.78 is 12.3. The number of halogens is 1. The summed E-state index contributed by atoms with van der Waals surface area (Å²) in [5, 5.41) is 33.6. The molecule has 0 saturated carbocycles. The molecular weight excluding hydrogens is 159 g/mol. The molecular formula is C5H9FO5. The molecule has 0 unspecified atom stereocenters. The van der Waals surface area contributed by atoms with Crippen LogP contribution in [0.3, 0.4) is 0 Å². The van der Waals surface area contributed by atoms with E-state index in [4.69, 9.17) is 20.4 Å². The van der Waals surface area contributed by atoms with E-state index in [2.05, 4.69) is 0 Å². The van der Waals surface area contributed by atoms with E-state index in [1.54, 1.807) is 0 Å². The van der Waals surface area contributed by atoms with Gasteiger partial charge in [-0.2, -0.15) is 0 Å². The molecule has 0 rings (SSSR count). The number of aliphatic hydroxyl groups is 4. The Bertz CT molecular complexity index is 137. The molecule has 0 aromatic heterocycles. The van der Waals surface area contributed by atoms with Gasteiger partial charge in [0.25, 0.3) is 5.85 Å². The Morgan fingerprint density at radius 3 is 2.27 bits per heavy atom. The van der Waals surface area contributed by atoms with Gasteiger partial charge < -0.3 is 20.4 Å². The van der Waals surface area contributed by atoms with Crippen molar-refractivity contribution in [1.29, 1.82) is 0 Å². The zero-order chi connectivity index (χ0) is 9.07. The van der Waals surface area contributed by atoms with Crippen molar-refractivity contribution in [3.05, 3.63) is 0 Å². The maximum absolute atomic E-state index is 12.3. The zero-order valence-electron chi connectivity index (χ0n) is 5.51. The van der Waals surface area contributed by atoms with Gasteiger partial charge in [-0.1, -0.05) is 0 Å². The number of carbonyl (C=O) groups is 1. The average molecular weight is 168 g/mol. The molecule has 0 saturated heterocycles. The van der Waals surface area contributed by atoms with Crippen molar-refractivity contribution in [3.63, 3.8) is 0 Å². The SMILES string of the molecule is O=C[C@@](O)(F)[C@@H](O)[C@H](O)CO. The molecule has 0 bridgehead atoms. The molecule has 3 atom stereocenters. The van der Waals surface area contributed by atoms with E-state index in [-0.39, 0.29) is 0 Å². The van der Waals surface area contributed by atoms with Gasteiger partial charge in [-0.25, -0.2) is 4.39 Å². The second-order valence-electron chi connectivity index (χ2n) is 2.04. The first-order chi connectivity index (χ1) is 4.95. The van der Waals surface area contributed by atoms with E-state index in [9.17, 15) is 9.18 Å². The quantitative estimate of drug-likeness (QED) is 0.349. The first-order valence-corrected chi connectivity index (χ1v) is 2.80. The minimum Gasteiger partial charge on any atom is -0.394 e. The molecule has 0 fully saturated rings. The third kappa shape index (κ3) is 2.51. The van der Waals surface area contributed by atoms with Gasteiger partial charge in [-0.15, -0.1) is 0 Å². The Morgan fingerprint density at radius 2 is 2.00 bits per heavy atom. The van der Waals surface area contributed by atoms with Crippen LogP contribution < -0.4 is 0 Å². The lowest BCUT2D eigenvalue weighted by Gasteiger charge is -2.22. The fraction of sp³-hybridized carbons (Fsp3) is 0.800. The molecule has 4 N–H and O–H groups in total. The number of rotatable bonds is 4. The summed E-state index contributed by atoms with van der Waals surface area (Å²) in [5.74, 6) is -3.51. The van der Waals surface area contributed by atoms with Crippen LogP contribution in [-0.2, 0) is 4.79 Å². The molecule has 11 heavy (non-hydrogen) atoms. The van der Waals surface area contributed by atoms with E-state index in [0.29, 0.717) is 0 Å². The molecule has 0 heterocycles. The molecule has 0 aliphatic rings. The van der Waals surface area contributed by atoms with Gasteiger partial charge in [-0.3, -0.25) is 4.79 Å². The van der Waals surface area contributed by atoms with Gasteiger partial charge in [0.15, 0.2) is 6.29 Å². The fourth-order valence-electron chi connectivity index (χ4n) is 0.439. The Kier molecular flexibility index (Phi) is 3.53. The number of aliphatic hydroxyl groups excluding tert-OH is 3. The average Bonchev–Trinajstić information content (AvgIpc) is 2.01. The van der Waals surface area contributed by atoms with E-state index < -0.39 is 31.0 Å². The number of aldehydes is 1. The van der Waals surface area contributed by atoms with E-state index in [1.165, 1.54) is 0 Å². The Labute approximate surface area is 61.7 Å². The second kappa shape index (κ2) is 3.72. The summed E-state index contributed by atoms with van der Waals surface area (Å²) in [6.07, 6.45) is -4.77. The van der Waals surface area contributed by atoms with Gasteiger partial charge in [0.05, 0.1) is 6.61 Å². The van der Waals surface area contributed by atoms with Crippen LogP contribution in [0.15, 0.2) is 0 Å². The minimum atomic E-state index is -3.51. The second-order valence-corrected chi connectivity index (χ2v) is 2.04. The summed E-state index contributed by atoms with van der Waals surface area (Å²) in [6, 6.07) is 0. The topological polar surface area (TPSA) is 98.0 Å². The van der Waals surface area contributed by atoms with Crippen LogP contribution in [0.1, 0.15) is 0 Å². The highest BCUT2D eigenvalue weighted by molar-refractivity contribution is 5.60. The van der Waals surface area contributed by atoms with Gasteiger partial charge >= 0.3 is 0 Å². The molecule has 0 aliphatic carbocycles. The zero-order valence-corrected chi connectivity index (χ0v) is 5.51. The maximum atomic E-state index is 12.3. The van der Waals surface area contributed by atoms with Crippen LogP contribution in [0.25, 0.3) is 0 Å². The number of alkyl halides is 1. The van der Waals surface area contributed by atoms with E-state index in [1.807, 2.05) is 0 Å². The monoisotopic (exact) mass is 168 g/mol. The highest BCUT2D eigenvalue weighted by atomic mass is 19.2. The van der Waals surface area contributed by atoms with Crippen LogP contribution in [0.2, 0.25) is 0 Å². The predicted molar refractivity (Wildman–Crippen MR) is 31.2 cm³/mol. The van der Waals surface area contributed by atoms with Crippen molar-refractivity contribution in [2.24, 2.45) is 0 Å². The van der Waals surface area contributed by atoms with E-state index in [0.717, 1.165) is 0 Å². The summed E-state index contributed by atoms with van der Waals surface area (Å²) in [7, 11) is 0. The number of hydrogen-bond donors (Lipinski definition) is 4. The van der Waals surface area contributed by atoms with Crippen molar-refractivity contribution >= 4 is 6.29 Å². The number of hydrogen-bond acceptors (Lipinski definition) is 5. The van der Waals surface area contributed by atoms with Crippen LogP contribution >= 0.6 is 0 Å². The van der Waals surface area contributed by atoms with Crippen LogP contribution in [0.4, 0.5) is 4.39 Å². The predicted octanol–water partition coefficient (Wildman–Crippen LogP) is -2.44. The van der Waals surface area contributed by atoms with Crippen LogP contribution in [-0.4, -0.2) is 51.4 Å². The molecule has 5 nitrogen and oxygen atoms in total. The summed E-state index contributed by atoms with van der Waals surface area (Å²) in [6.45, 7) is -0.943. The first-order valence-electron chi connectivity index (χ1n) is 2.80. The molecule has 0 aliphatic heterocycles. The van der Waals surface area contributed by atoms with Crippen molar-refractivity contribution in [2.75, 3.05) is 6.61 Å².